The molecule has 0 spiro atoms. The highest BCUT2D eigenvalue weighted by molar-refractivity contribution is 5.94. The first kappa shape index (κ1) is 15.4. The van der Waals surface area contributed by atoms with Crippen LogP contribution in [0.1, 0.15) is 12.5 Å². The maximum atomic E-state index is 10.7. The molecule has 2 unspecified atom stereocenters. The summed E-state index contributed by atoms with van der Waals surface area (Å²) in [7, 11) is 0. The summed E-state index contributed by atoms with van der Waals surface area (Å²) in [6.07, 6.45) is 1.69. The van der Waals surface area contributed by atoms with Gasteiger partial charge in [0.25, 0.3) is 5.69 Å². The topological polar surface area (TPSA) is 76.7 Å². The summed E-state index contributed by atoms with van der Waals surface area (Å²) < 4.78 is 0. The Morgan fingerprint density at radius 3 is 2.38 bits per heavy atom. The summed E-state index contributed by atoms with van der Waals surface area (Å²) in [6, 6.07) is 6.40. The van der Waals surface area contributed by atoms with Crippen molar-refractivity contribution in [3.05, 3.63) is 39.9 Å². The van der Waals surface area contributed by atoms with E-state index in [-0.39, 0.29) is 11.1 Å². The number of nitrogens with one attached hydrogen (secondary N) is 2. The Hall–Kier alpha value is -2.12. The van der Waals surface area contributed by atoms with E-state index in [2.05, 4.69) is 17.1 Å². The first-order chi connectivity index (χ1) is 11.5. The van der Waals surface area contributed by atoms with Gasteiger partial charge in [0.2, 0.25) is 0 Å². The molecule has 0 amide bonds. The Kier molecular flexibility index (Phi) is 3.69. The van der Waals surface area contributed by atoms with Crippen molar-refractivity contribution in [1.82, 2.24) is 0 Å². The van der Waals surface area contributed by atoms with Crippen molar-refractivity contribution in [2.75, 3.05) is 39.3 Å². The number of fused-ring (bicyclic) bond motifs is 1. The van der Waals surface area contributed by atoms with E-state index in [4.69, 9.17) is 0 Å². The summed E-state index contributed by atoms with van der Waals surface area (Å²) in [5.74, 6) is 0.541. The van der Waals surface area contributed by atoms with Gasteiger partial charge < -0.3 is 9.80 Å². The summed E-state index contributed by atoms with van der Waals surface area (Å²) in [4.78, 5) is 13.7. The molecule has 7 nitrogen and oxygen atoms in total. The lowest BCUT2D eigenvalue weighted by Crippen LogP contribution is -3.16. The van der Waals surface area contributed by atoms with E-state index >= 15 is 0 Å². The van der Waals surface area contributed by atoms with E-state index in [0.29, 0.717) is 5.92 Å². The van der Waals surface area contributed by atoms with Gasteiger partial charge in [0, 0.05) is 12.1 Å². The molecule has 4 saturated heterocycles. The smallest absolute Gasteiger partial charge is 0.269 e. The number of piperidine rings is 2. The molecule has 4 bridgehead atoms. The van der Waals surface area contributed by atoms with Crippen LogP contribution < -0.4 is 9.80 Å². The third-order valence-electron chi connectivity index (χ3n) is 5.66. The Morgan fingerprint density at radius 1 is 1.21 bits per heavy atom. The third-order valence-corrected chi connectivity index (χ3v) is 5.66. The minimum Gasteiger partial charge on any atom is -0.329 e. The molecule has 1 aromatic rings. The van der Waals surface area contributed by atoms with Crippen LogP contribution in [0.3, 0.4) is 0 Å². The monoisotopic (exact) mass is 329 g/mol. The van der Waals surface area contributed by atoms with Crippen LogP contribution in [0.4, 0.5) is 5.69 Å². The van der Waals surface area contributed by atoms with Crippen molar-refractivity contribution < 1.29 is 14.7 Å². The zero-order chi connectivity index (χ0) is 16.7. The van der Waals surface area contributed by atoms with Gasteiger partial charge in [0.15, 0.2) is 0 Å². The van der Waals surface area contributed by atoms with E-state index in [1.807, 2.05) is 0 Å². The normalized spacial score (nSPS) is 36.4. The molecule has 0 saturated carbocycles. The lowest BCUT2D eigenvalue weighted by Gasteiger charge is -2.43. The highest BCUT2D eigenvalue weighted by Crippen LogP contribution is 2.26. The number of rotatable bonds is 3. The zero-order valence-corrected chi connectivity index (χ0v) is 13.9. The first-order valence-electron chi connectivity index (χ1n) is 8.56. The fourth-order valence-corrected chi connectivity index (χ4v) is 4.72. The zero-order valence-electron chi connectivity index (χ0n) is 13.9. The standard InChI is InChI=1S/C17H21N5O2/c1-17-11-20-6-7-21(12-17)10-14(9-20)16(17)19-18-8-13-2-4-15(5-3-13)22(23)24/h2-5,8,14H,6-7,9-12H2,1H3/p+2. The summed E-state index contributed by atoms with van der Waals surface area (Å²) >= 11 is 0. The molecule has 0 aliphatic carbocycles. The van der Waals surface area contributed by atoms with Crippen molar-refractivity contribution in [2.45, 2.75) is 6.92 Å². The highest BCUT2D eigenvalue weighted by Gasteiger charge is 2.54. The van der Waals surface area contributed by atoms with Gasteiger partial charge in [0.05, 0.1) is 48.9 Å². The van der Waals surface area contributed by atoms with Crippen molar-refractivity contribution in [1.29, 1.82) is 0 Å². The van der Waals surface area contributed by atoms with Crippen LogP contribution >= 0.6 is 0 Å². The fraction of sp³-hybridized carbons (Fsp3) is 0.529. The van der Waals surface area contributed by atoms with Crippen LogP contribution in [0, 0.1) is 21.4 Å². The Labute approximate surface area is 140 Å². The van der Waals surface area contributed by atoms with Gasteiger partial charge in [-0.05, 0) is 24.6 Å². The average molecular weight is 329 g/mol. The summed E-state index contributed by atoms with van der Waals surface area (Å²) in [6.45, 7) is 9.60. The van der Waals surface area contributed by atoms with Gasteiger partial charge in [-0.3, -0.25) is 10.1 Å². The Balaban J connectivity index is 1.54. The number of hydrogen-bond acceptors (Lipinski definition) is 4. The minimum absolute atomic E-state index is 0.0947. The molecular formula is C17H23N5O2+2. The van der Waals surface area contributed by atoms with Crippen LogP contribution in [0.25, 0.3) is 0 Å². The predicted molar refractivity (Wildman–Crippen MR) is 90.8 cm³/mol. The predicted octanol–water partition coefficient (Wildman–Crippen LogP) is -1.20. The van der Waals surface area contributed by atoms with E-state index in [9.17, 15) is 10.1 Å². The molecule has 0 aromatic heterocycles. The molecule has 4 heterocycles. The second-order valence-electron chi connectivity index (χ2n) is 7.60. The Morgan fingerprint density at radius 2 is 1.83 bits per heavy atom. The lowest BCUT2D eigenvalue weighted by atomic mass is 9.72. The second-order valence-corrected chi connectivity index (χ2v) is 7.60. The molecular weight excluding hydrogens is 306 g/mol. The molecule has 0 radical (unpaired) electrons. The van der Waals surface area contributed by atoms with Crippen LogP contribution in [0.2, 0.25) is 0 Å². The van der Waals surface area contributed by atoms with E-state index in [1.54, 1.807) is 28.1 Å². The van der Waals surface area contributed by atoms with E-state index < -0.39 is 4.92 Å². The van der Waals surface area contributed by atoms with Crippen molar-refractivity contribution in [3.8, 4) is 0 Å². The maximum Gasteiger partial charge on any atom is 0.269 e. The number of nitrogens with zero attached hydrogens (tertiary/aromatic N) is 3. The van der Waals surface area contributed by atoms with Crippen LogP contribution in [-0.4, -0.2) is 56.1 Å². The van der Waals surface area contributed by atoms with Gasteiger partial charge >= 0.3 is 0 Å². The molecule has 4 aliphatic heterocycles. The second kappa shape index (κ2) is 5.75. The molecule has 2 atom stereocenters. The Bertz CT molecular complexity index is 696. The number of nitro benzene ring substituents is 1. The molecule has 4 fully saturated rings. The average Bonchev–Trinajstić information content (AvgIpc) is 2.77. The van der Waals surface area contributed by atoms with E-state index in [0.717, 1.165) is 5.56 Å². The van der Waals surface area contributed by atoms with Crippen molar-refractivity contribution in [2.24, 2.45) is 21.5 Å². The molecule has 5 rings (SSSR count). The minimum atomic E-state index is -0.394. The first-order valence-corrected chi connectivity index (χ1v) is 8.56. The highest BCUT2D eigenvalue weighted by atomic mass is 16.6. The van der Waals surface area contributed by atoms with Crippen LogP contribution in [0.5, 0.6) is 0 Å². The summed E-state index contributed by atoms with van der Waals surface area (Å²) in [5, 5.41) is 19.6. The van der Waals surface area contributed by atoms with Gasteiger partial charge in [-0.1, -0.05) is 0 Å². The molecule has 2 N–H and O–H groups in total. The number of benzene rings is 1. The lowest BCUT2D eigenvalue weighted by molar-refractivity contribution is -0.918. The maximum absolute atomic E-state index is 10.7. The molecule has 4 aliphatic rings. The molecule has 126 valence electrons. The van der Waals surface area contributed by atoms with Crippen molar-refractivity contribution >= 4 is 17.6 Å². The van der Waals surface area contributed by atoms with E-state index in [1.165, 1.54) is 57.1 Å². The molecule has 24 heavy (non-hydrogen) atoms. The molecule has 7 heteroatoms. The number of non-ortho nitro benzene ring substituents is 1. The quantitative estimate of drug-likeness (QED) is 0.415. The van der Waals surface area contributed by atoms with Gasteiger partial charge in [0.1, 0.15) is 18.5 Å². The van der Waals surface area contributed by atoms with Gasteiger partial charge in [-0.25, -0.2) is 0 Å². The number of hydrogen-bond donors (Lipinski definition) is 2. The van der Waals surface area contributed by atoms with Crippen LogP contribution in [-0.2, 0) is 0 Å². The SMILES string of the molecule is CC12C[NH+]3CC[NH+](CC(C3)C1=NN=Cc1ccc([N+](=O)[O-])cc1)C2. The number of quaternary nitrogens is 2. The third kappa shape index (κ3) is 2.74. The fourth-order valence-electron chi connectivity index (χ4n) is 4.72. The summed E-state index contributed by atoms with van der Waals surface area (Å²) in [5.41, 5.74) is 2.35. The van der Waals surface area contributed by atoms with Gasteiger partial charge in [-0.2, -0.15) is 10.2 Å². The van der Waals surface area contributed by atoms with Crippen LogP contribution in [0.15, 0.2) is 34.5 Å². The van der Waals surface area contributed by atoms with Gasteiger partial charge in [-0.15, -0.1) is 0 Å². The largest absolute Gasteiger partial charge is 0.329 e. The number of nitro groups is 1. The molecule has 1 aromatic carbocycles. The van der Waals surface area contributed by atoms with Crippen molar-refractivity contribution in [3.63, 3.8) is 0 Å².